The Labute approximate surface area is 197 Å². The SMILES string of the molecule is O=C(O)N1CCC(OC2CCN(Cc3ccc(-c4cc5c(Cl)ncnc5[nH]4)cc3)CC2)CC1. The number of amides is 1. The Morgan fingerprint density at radius 1 is 1.06 bits per heavy atom. The number of aromatic nitrogens is 3. The molecule has 0 saturated carbocycles. The number of carbonyl (C=O) groups is 1. The van der Waals surface area contributed by atoms with E-state index in [-0.39, 0.29) is 12.2 Å². The van der Waals surface area contributed by atoms with Crippen molar-refractivity contribution in [2.75, 3.05) is 26.2 Å². The second-order valence-corrected chi connectivity index (χ2v) is 9.25. The Morgan fingerprint density at radius 2 is 1.73 bits per heavy atom. The number of hydrogen-bond donors (Lipinski definition) is 2. The topological polar surface area (TPSA) is 94.6 Å². The number of piperidine rings is 2. The third-order valence-corrected chi connectivity index (χ3v) is 6.98. The first kappa shape index (κ1) is 22.1. The van der Waals surface area contributed by atoms with E-state index in [2.05, 4.69) is 44.1 Å². The molecule has 2 aliphatic heterocycles. The Hall–Kier alpha value is -2.68. The van der Waals surface area contributed by atoms with Gasteiger partial charge in [0.05, 0.1) is 17.6 Å². The van der Waals surface area contributed by atoms with E-state index in [0.29, 0.717) is 18.2 Å². The monoisotopic (exact) mass is 469 g/mol. The third kappa shape index (κ3) is 5.13. The predicted molar refractivity (Wildman–Crippen MR) is 126 cm³/mol. The van der Waals surface area contributed by atoms with Gasteiger partial charge in [-0.25, -0.2) is 14.8 Å². The number of ether oxygens (including phenoxy) is 1. The predicted octanol–water partition coefficient (Wildman–Crippen LogP) is 4.40. The lowest BCUT2D eigenvalue weighted by Crippen LogP contribution is -2.43. The maximum Gasteiger partial charge on any atom is 0.407 e. The molecule has 1 amide bonds. The number of aromatic amines is 1. The van der Waals surface area contributed by atoms with E-state index >= 15 is 0 Å². The van der Waals surface area contributed by atoms with Crippen LogP contribution in [-0.4, -0.2) is 74.3 Å². The normalized spacial score (nSPS) is 18.8. The van der Waals surface area contributed by atoms with Crippen molar-refractivity contribution in [1.82, 2.24) is 24.8 Å². The van der Waals surface area contributed by atoms with Crippen molar-refractivity contribution in [3.8, 4) is 11.3 Å². The summed E-state index contributed by atoms with van der Waals surface area (Å²) in [5.74, 6) is 0. The van der Waals surface area contributed by atoms with Gasteiger partial charge in [-0.2, -0.15) is 0 Å². The van der Waals surface area contributed by atoms with Crippen molar-refractivity contribution in [2.45, 2.75) is 44.4 Å². The van der Waals surface area contributed by atoms with Crippen LogP contribution in [0.5, 0.6) is 0 Å². The number of halogens is 1. The van der Waals surface area contributed by atoms with Crippen LogP contribution in [0.4, 0.5) is 4.79 Å². The maximum absolute atomic E-state index is 11.0. The Morgan fingerprint density at radius 3 is 2.36 bits per heavy atom. The van der Waals surface area contributed by atoms with Crippen LogP contribution >= 0.6 is 11.6 Å². The third-order valence-electron chi connectivity index (χ3n) is 6.68. The van der Waals surface area contributed by atoms with Crippen molar-refractivity contribution in [1.29, 1.82) is 0 Å². The number of likely N-dealkylation sites (tertiary alicyclic amines) is 2. The molecule has 2 N–H and O–H groups in total. The highest BCUT2D eigenvalue weighted by Gasteiger charge is 2.27. The first-order valence-electron chi connectivity index (χ1n) is 11.5. The molecule has 2 aromatic heterocycles. The summed E-state index contributed by atoms with van der Waals surface area (Å²) in [4.78, 5) is 26.6. The molecule has 2 saturated heterocycles. The van der Waals surface area contributed by atoms with E-state index in [1.54, 1.807) is 0 Å². The average molecular weight is 470 g/mol. The summed E-state index contributed by atoms with van der Waals surface area (Å²) in [7, 11) is 0. The number of H-pyrrole nitrogens is 1. The van der Waals surface area contributed by atoms with Gasteiger partial charge in [-0.3, -0.25) is 4.90 Å². The van der Waals surface area contributed by atoms with Gasteiger partial charge in [0.1, 0.15) is 17.1 Å². The molecule has 9 heteroatoms. The highest BCUT2D eigenvalue weighted by Crippen LogP contribution is 2.27. The van der Waals surface area contributed by atoms with Crippen LogP contribution < -0.4 is 0 Å². The first-order chi connectivity index (χ1) is 16.0. The summed E-state index contributed by atoms with van der Waals surface area (Å²) in [5.41, 5.74) is 4.10. The number of nitrogens with one attached hydrogen (secondary N) is 1. The van der Waals surface area contributed by atoms with E-state index in [1.807, 2.05) is 6.07 Å². The molecule has 33 heavy (non-hydrogen) atoms. The molecule has 174 valence electrons. The lowest BCUT2D eigenvalue weighted by Gasteiger charge is -2.36. The summed E-state index contributed by atoms with van der Waals surface area (Å²) in [6, 6.07) is 10.6. The fraction of sp³-hybridized carbons (Fsp3) is 0.458. The van der Waals surface area contributed by atoms with Crippen LogP contribution in [0, 0.1) is 0 Å². The van der Waals surface area contributed by atoms with E-state index in [4.69, 9.17) is 21.4 Å². The van der Waals surface area contributed by atoms with Crippen LogP contribution in [0.15, 0.2) is 36.7 Å². The van der Waals surface area contributed by atoms with Gasteiger partial charge in [0, 0.05) is 38.4 Å². The highest BCUT2D eigenvalue weighted by atomic mass is 35.5. The van der Waals surface area contributed by atoms with Crippen molar-refractivity contribution >= 4 is 28.7 Å². The molecule has 2 aliphatic rings. The zero-order chi connectivity index (χ0) is 22.8. The number of nitrogens with zero attached hydrogens (tertiary/aromatic N) is 4. The Kier molecular flexibility index (Phi) is 6.48. The lowest BCUT2D eigenvalue weighted by atomic mass is 10.0. The Balaban J connectivity index is 1.11. The largest absolute Gasteiger partial charge is 0.465 e. The molecule has 0 bridgehead atoms. The molecule has 0 unspecified atom stereocenters. The number of hydrogen-bond acceptors (Lipinski definition) is 5. The lowest BCUT2D eigenvalue weighted by molar-refractivity contribution is -0.0633. The van der Waals surface area contributed by atoms with Crippen LogP contribution in [0.3, 0.4) is 0 Å². The van der Waals surface area contributed by atoms with Gasteiger partial charge >= 0.3 is 6.09 Å². The number of benzene rings is 1. The first-order valence-corrected chi connectivity index (χ1v) is 11.9. The summed E-state index contributed by atoms with van der Waals surface area (Å²) in [5, 5.41) is 10.4. The number of rotatable bonds is 5. The van der Waals surface area contributed by atoms with Crippen molar-refractivity contribution < 1.29 is 14.6 Å². The van der Waals surface area contributed by atoms with Crippen LogP contribution in [-0.2, 0) is 11.3 Å². The number of carboxylic acid groups (broad SMARTS) is 1. The summed E-state index contributed by atoms with van der Waals surface area (Å²) in [6.07, 6.45) is 4.75. The van der Waals surface area contributed by atoms with Gasteiger partial charge in [0.2, 0.25) is 0 Å². The molecule has 0 aliphatic carbocycles. The van der Waals surface area contributed by atoms with Gasteiger partial charge in [-0.05, 0) is 42.9 Å². The van der Waals surface area contributed by atoms with Gasteiger partial charge in [-0.1, -0.05) is 35.9 Å². The standard InChI is InChI=1S/C24H28ClN5O3/c25-22-20-13-21(28-23(20)27-15-26-22)17-3-1-16(2-4-17)14-29-9-5-18(6-10-29)33-19-7-11-30(12-8-19)24(31)32/h1-4,13,15,18-19H,5-12,14H2,(H,31,32)(H,26,27,28). The van der Waals surface area contributed by atoms with Gasteiger partial charge in [0.25, 0.3) is 0 Å². The minimum absolute atomic E-state index is 0.190. The highest BCUT2D eigenvalue weighted by molar-refractivity contribution is 6.34. The smallest absolute Gasteiger partial charge is 0.407 e. The van der Waals surface area contributed by atoms with E-state index in [0.717, 1.165) is 67.6 Å². The summed E-state index contributed by atoms with van der Waals surface area (Å²) < 4.78 is 6.29. The summed E-state index contributed by atoms with van der Waals surface area (Å²) >= 11 is 6.16. The van der Waals surface area contributed by atoms with Crippen LogP contribution in [0.1, 0.15) is 31.2 Å². The molecule has 4 heterocycles. The van der Waals surface area contributed by atoms with E-state index in [1.165, 1.54) is 16.8 Å². The maximum atomic E-state index is 11.0. The molecule has 0 spiro atoms. The van der Waals surface area contributed by atoms with Crippen molar-refractivity contribution in [2.24, 2.45) is 0 Å². The quantitative estimate of drug-likeness (QED) is 0.538. The van der Waals surface area contributed by atoms with Gasteiger partial charge < -0.3 is 19.7 Å². The Bertz CT molecular complexity index is 1100. The van der Waals surface area contributed by atoms with Gasteiger partial charge in [0.15, 0.2) is 0 Å². The molecule has 8 nitrogen and oxygen atoms in total. The zero-order valence-electron chi connectivity index (χ0n) is 18.4. The molecule has 0 radical (unpaired) electrons. The van der Waals surface area contributed by atoms with E-state index < -0.39 is 6.09 Å². The number of fused-ring (bicyclic) bond motifs is 1. The van der Waals surface area contributed by atoms with Crippen LogP contribution in [0.2, 0.25) is 5.15 Å². The molecular formula is C24H28ClN5O3. The minimum Gasteiger partial charge on any atom is -0.465 e. The minimum atomic E-state index is -0.824. The molecule has 2 fully saturated rings. The van der Waals surface area contributed by atoms with Crippen molar-refractivity contribution in [3.63, 3.8) is 0 Å². The zero-order valence-corrected chi connectivity index (χ0v) is 19.2. The fourth-order valence-corrected chi connectivity index (χ4v) is 4.96. The fourth-order valence-electron chi connectivity index (χ4n) is 4.77. The average Bonchev–Trinajstić information content (AvgIpc) is 3.27. The molecule has 3 aromatic rings. The molecular weight excluding hydrogens is 442 g/mol. The van der Waals surface area contributed by atoms with Gasteiger partial charge in [-0.15, -0.1) is 0 Å². The molecule has 0 atom stereocenters. The summed E-state index contributed by atoms with van der Waals surface area (Å²) in [6.45, 7) is 4.11. The van der Waals surface area contributed by atoms with E-state index in [9.17, 15) is 4.79 Å². The molecule has 1 aromatic carbocycles. The second-order valence-electron chi connectivity index (χ2n) is 8.89. The van der Waals surface area contributed by atoms with Crippen LogP contribution in [0.25, 0.3) is 22.3 Å². The van der Waals surface area contributed by atoms with Crippen molar-refractivity contribution in [3.05, 3.63) is 47.4 Å². The molecule has 5 rings (SSSR count). The second kappa shape index (κ2) is 9.67.